The molecular formula is C13H21NO4. The summed E-state index contributed by atoms with van der Waals surface area (Å²) in [7, 11) is 1.40. The number of methoxy groups -OCH3 is 1. The molecule has 0 saturated carbocycles. The Labute approximate surface area is 107 Å². The van der Waals surface area contributed by atoms with E-state index in [-0.39, 0.29) is 29.6 Å². The van der Waals surface area contributed by atoms with Crippen molar-refractivity contribution in [2.75, 3.05) is 33.4 Å². The third-order valence-corrected chi connectivity index (χ3v) is 4.00. The maximum absolute atomic E-state index is 12.3. The molecule has 2 atom stereocenters. The Morgan fingerprint density at radius 2 is 1.89 bits per heavy atom. The Kier molecular flexibility index (Phi) is 4.22. The number of hydrogen-bond donors (Lipinski definition) is 0. The lowest BCUT2D eigenvalue weighted by Gasteiger charge is -2.26. The second-order valence-corrected chi connectivity index (χ2v) is 5.24. The van der Waals surface area contributed by atoms with E-state index in [2.05, 4.69) is 0 Å². The topological polar surface area (TPSA) is 55.8 Å². The molecular weight excluding hydrogens is 234 g/mol. The van der Waals surface area contributed by atoms with Crippen LogP contribution in [0.3, 0.4) is 0 Å². The fourth-order valence-electron chi connectivity index (χ4n) is 2.81. The van der Waals surface area contributed by atoms with Gasteiger partial charge >= 0.3 is 5.97 Å². The summed E-state index contributed by atoms with van der Waals surface area (Å²) in [5.41, 5.74) is 0. The van der Waals surface area contributed by atoms with E-state index in [0.717, 1.165) is 12.8 Å². The normalized spacial score (nSPS) is 29.3. The van der Waals surface area contributed by atoms with Crippen molar-refractivity contribution in [2.45, 2.75) is 19.8 Å². The first-order chi connectivity index (χ1) is 8.63. The Morgan fingerprint density at radius 1 is 1.22 bits per heavy atom. The highest BCUT2D eigenvalue weighted by molar-refractivity contribution is 5.81. The molecule has 0 spiro atoms. The van der Waals surface area contributed by atoms with Gasteiger partial charge in [0.1, 0.15) is 0 Å². The molecule has 18 heavy (non-hydrogen) atoms. The van der Waals surface area contributed by atoms with E-state index in [4.69, 9.17) is 9.47 Å². The van der Waals surface area contributed by atoms with Gasteiger partial charge in [-0.1, -0.05) is 6.92 Å². The van der Waals surface area contributed by atoms with E-state index in [1.54, 1.807) is 0 Å². The molecule has 2 rings (SSSR count). The molecule has 2 aliphatic rings. The van der Waals surface area contributed by atoms with Gasteiger partial charge in [0.15, 0.2) is 0 Å². The van der Waals surface area contributed by atoms with Crippen molar-refractivity contribution in [3.63, 3.8) is 0 Å². The van der Waals surface area contributed by atoms with Crippen molar-refractivity contribution in [1.29, 1.82) is 0 Å². The predicted octanol–water partition coefficient (Wildman–Crippen LogP) is 0.680. The van der Waals surface area contributed by atoms with Crippen LogP contribution in [0.5, 0.6) is 0 Å². The standard InChI is InChI=1S/C13H21NO4/c1-9-7-14(8-11(9)13(16)17-2)12(15)10-3-5-18-6-4-10/h9-11H,3-8H2,1-2H3. The Morgan fingerprint density at radius 3 is 2.50 bits per heavy atom. The lowest BCUT2D eigenvalue weighted by molar-refractivity contribution is -0.146. The largest absolute Gasteiger partial charge is 0.469 e. The van der Waals surface area contributed by atoms with Crippen LogP contribution in [-0.2, 0) is 19.1 Å². The molecule has 2 heterocycles. The van der Waals surface area contributed by atoms with Crippen LogP contribution in [0.1, 0.15) is 19.8 Å². The maximum Gasteiger partial charge on any atom is 0.310 e. The third kappa shape index (κ3) is 2.66. The maximum atomic E-state index is 12.3. The molecule has 0 N–H and O–H groups in total. The number of hydrogen-bond acceptors (Lipinski definition) is 4. The number of likely N-dealkylation sites (tertiary alicyclic amines) is 1. The van der Waals surface area contributed by atoms with Crippen molar-refractivity contribution in [1.82, 2.24) is 4.90 Å². The number of carbonyl (C=O) groups is 2. The van der Waals surface area contributed by atoms with Crippen molar-refractivity contribution in [3.05, 3.63) is 0 Å². The molecule has 2 unspecified atom stereocenters. The highest BCUT2D eigenvalue weighted by Crippen LogP contribution is 2.27. The highest BCUT2D eigenvalue weighted by Gasteiger charge is 2.39. The molecule has 1 amide bonds. The van der Waals surface area contributed by atoms with Gasteiger partial charge in [-0.05, 0) is 18.8 Å². The van der Waals surface area contributed by atoms with Gasteiger partial charge in [-0.15, -0.1) is 0 Å². The third-order valence-electron chi connectivity index (χ3n) is 4.00. The van der Waals surface area contributed by atoms with Gasteiger partial charge in [-0.3, -0.25) is 9.59 Å². The molecule has 2 fully saturated rings. The molecule has 5 nitrogen and oxygen atoms in total. The molecule has 0 bridgehead atoms. The van der Waals surface area contributed by atoms with E-state index >= 15 is 0 Å². The lowest BCUT2D eigenvalue weighted by atomic mass is 9.99. The quantitative estimate of drug-likeness (QED) is 0.681. The lowest BCUT2D eigenvalue weighted by Crippen LogP contribution is -2.37. The van der Waals surface area contributed by atoms with Crippen LogP contribution in [0, 0.1) is 17.8 Å². The molecule has 102 valence electrons. The first kappa shape index (κ1) is 13.3. The van der Waals surface area contributed by atoms with Gasteiger partial charge in [0.05, 0.1) is 13.0 Å². The minimum absolute atomic E-state index is 0.0716. The number of carbonyl (C=O) groups excluding carboxylic acids is 2. The van der Waals surface area contributed by atoms with Crippen LogP contribution in [-0.4, -0.2) is 50.2 Å². The molecule has 0 aromatic rings. The first-order valence-electron chi connectivity index (χ1n) is 6.58. The zero-order valence-electron chi connectivity index (χ0n) is 11.1. The molecule has 0 aromatic heterocycles. The predicted molar refractivity (Wildman–Crippen MR) is 64.8 cm³/mol. The number of amides is 1. The summed E-state index contributed by atoms with van der Waals surface area (Å²) in [4.78, 5) is 25.7. The summed E-state index contributed by atoms with van der Waals surface area (Å²) in [6.45, 7) is 4.50. The number of esters is 1. The van der Waals surface area contributed by atoms with Crippen molar-refractivity contribution >= 4 is 11.9 Å². The summed E-state index contributed by atoms with van der Waals surface area (Å²) >= 11 is 0. The highest BCUT2D eigenvalue weighted by atomic mass is 16.5. The van der Waals surface area contributed by atoms with Crippen molar-refractivity contribution in [3.8, 4) is 0 Å². The summed E-state index contributed by atoms with van der Waals surface area (Å²) in [6, 6.07) is 0. The fraction of sp³-hybridized carbons (Fsp3) is 0.846. The number of nitrogens with zero attached hydrogens (tertiary/aromatic N) is 1. The summed E-state index contributed by atoms with van der Waals surface area (Å²) in [6.07, 6.45) is 1.60. The molecule has 0 radical (unpaired) electrons. The average Bonchev–Trinajstić information content (AvgIpc) is 2.80. The number of ether oxygens (including phenoxy) is 2. The van der Waals surface area contributed by atoms with Crippen LogP contribution >= 0.6 is 0 Å². The van der Waals surface area contributed by atoms with E-state index in [0.29, 0.717) is 26.3 Å². The second-order valence-electron chi connectivity index (χ2n) is 5.24. The minimum Gasteiger partial charge on any atom is -0.469 e. The van der Waals surface area contributed by atoms with Crippen LogP contribution in [0.25, 0.3) is 0 Å². The van der Waals surface area contributed by atoms with Gasteiger partial charge < -0.3 is 14.4 Å². The Bertz CT molecular complexity index is 325. The fourth-order valence-corrected chi connectivity index (χ4v) is 2.81. The van der Waals surface area contributed by atoms with E-state index in [1.807, 2.05) is 11.8 Å². The second kappa shape index (κ2) is 5.69. The molecule has 0 aliphatic carbocycles. The monoisotopic (exact) mass is 255 g/mol. The summed E-state index contributed by atoms with van der Waals surface area (Å²) < 4.78 is 10.0. The Balaban J connectivity index is 1.94. The van der Waals surface area contributed by atoms with Gasteiger partial charge in [-0.2, -0.15) is 0 Å². The van der Waals surface area contributed by atoms with Crippen LogP contribution < -0.4 is 0 Å². The van der Waals surface area contributed by atoms with E-state index in [9.17, 15) is 9.59 Å². The Hall–Kier alpha value is -1.10. The minimum atomic E-state index is -0.204. The van der Waals surface area contributed by atoms with Gasteiger partial charge in [0, 0.05) is 32.2 Å². The smallest absolute Gasteiger partial charge is 0.310 e. The van der Waals surface area contributed by atoms with Crippen LogP contribution in [0.4, 0.5) is 0 Å². The molecule has 0 aromatic carbocycles. The number of rotatable bonds is 2. The van der Waals surface area contributed by atoms with Gasteiger partial charge in [-0.25, -0.2) is 0 Å². The molecule has 2 aliphatic heterocycles. The first-order valence-corrected chi connectivity index (χ1v) is 6.58. The SMILES string of the molecule is COC(=O)C1CN(C(=O)C2CCOCC2)CC1C. The zero-order chi connectivity index (χ0) is 13.1. The van der Waals surface area contributed by atoms with Crippen LogP contribution in [0.15, 0.2) is 0 Å². The summed E-state index contributed by atoms with van der Waals surface area (Å²) in [5, 5.41) is 0. The zero-order valence-corrected chi connectivity index (χ0v) is 11.1. The molecule has 5 heteroatoms. The summed E-state index contributed by atoms with van der Waals surface area (Å²) in [5.74, 6) is 0.0590. The van der Waals surface area contributed by atoms with Crippen molar-refractivity contribution < 1.29 is 19.1 Å². The van der Waals surface area contributed by atoms with Crippen molar-refractivity contribution in [2.24, 2.45) is 17.8 Å². The van der Waals surface area contributed by atoms with E-state index < -0.39 is 0 Å². The molecule has 2 saturated heterocycles. The van der Waals surface area contributed by atoms with E-state index in [1.165, 1.54) is 7.11 Å². The van der Waals surface area contributed by atoms with Crippen LogP contribution in [0.2, 0.25) is 0 Å². The van der Waals surface area contributed by atoms with Gasteiger partial charge in [0.25, 0.3) is 0 Å². The average molecular weight is 255 g/mol. The van der Waals surface area contributed by atoms with Gasteiger partial charge in [0.2, 0.25) is 5.91 Å².